The quantitative estimate of drug-likeness (QED) is 0.444. The minimum absolute atomic E-state index is 0.0443. The minimum atomic E-state index is -3.83. The average Bonchev–Trinajstić information content (AvgIpc) is 2.72. The molecule has 0 bridgehead atoms. The number of esters is 1. The summed E-state index contributed by atoms with van der Waals surface area (Å²) in [5.74, 6) is -0.508. The molecule has 0 spiro atoms. The maximum Gasteiger partial charge on any atom is 0.321 e. The van der Waals surface area contributed by atoms with E-state index < -0.39 is 22.5 Å². The summed E-state index contributed by atoms with van der Waals surface area (Å²) in [6.07, 6.45) is 0. The second-order valence-corrected chi connectivity index (χ2v) is 8.44. The van der Waals surface area contributed by atoms with Crippen LogP contribution in [0.25, 0.3) is 0 Å². The van der Waals surface area contributed by atoms with Gasteiger partial charge in [-0.25, -0.2) is 8.42 Å². The van der Waals surface area contributed by atoms with Gasteiger partial charge in [0.2, 0.25) is 21.9 Å². The average molecular weight is 443 g/mol. The zero-order valence-corrected chi connectivity index (χ0v) is 17.8. The summed E-state index contributed by atoms with van der Waals surface area (Å²) in [6, 6.07) is 13.8. The SMILES string of the molecule is Cc1ccc(S(=O)(=O)NCC(=O)OCc2nc(N)nc(Nc3ccccc3C)n2)cc1. The fourth-order valence-corrected chi connectivity index (χ4v) is 3.51. The first-order valence-electron chi connectivity index (χ1n) is 9.28. The number of nitrogens with zero attached hydrogens (tertiary/aromatic N) is 3. The number of nitrogens with one attached hydrogen (secondary N) is 2. The van der Waals surface area contributed by atoms with Gasteiger partial charge in [-0.1, -0.05) is 35.9 Å². The Bertz CT molecular complexity index is 1180. The number of sulfonamides is 1. The van der Waals surface area contributed by atoms with Gasteiger partial charge in [0.25, 0.3) is 0 Å². The van der Waals surface area contributed by atoms with E-state index in [1.807, 2.05) is 38.1 Å². The molecular formula is C20H22N6O4S. The Labute approximate surface area is 180 Å². The Morgan fingerprint density at radius 1 is 1.03 bits per heavy atom. The minimum Gasteiger partial charge on any atom is -0.456 e. The van der Waals surface area contributed by atoms with Gasteiger partial charge in [-0.2, -0.15) is 19.7 Å². The van der Waals surface area contributed by atoms with Gasteiger partial charge < -0.3 is 15.8 Å². The number of aromatic nitrogens is 3. The van der Waals surface area contributed by atoms with Gasteiger partial charge in [-0.15, -0.1) is 0 Å². The number of benzene rings is 2. The molecule has 3 aromatic rings. The van der Waals surface area contributed by atoms with E-state index in [-0.39, 0.29) is 29.2 Å². The molecule has 1 heterocycles. The maximum absolute atomic E-state index is 12.2. The van der Waals surface area contributed by atoms with Gasteiger partial charge in [0, 0.05) is 5.69 Å². The van der Waals surface area contributed by atoms with E-state index in [4.69, 9.17) is 10.5 Å². The fraction of sp³-hybridized carbons (Fsp3) is 0.200. The third kappa shape index (κ3) is 6.20. The van der Waals surface area contributed by atoms with Crippen molar-refractivity contribution in [1.29, 1.82) is 0 Å². The molecule has 0 saturated carbocycles. The van der Waals surface area contributed by atoms with Gasteiger partial charge in [0.1, 0.15) is 6.54 Å². The lowest BCUT2D eigenvalue weighted by atomic mass is 10.2. The molecule has 0 fully saturated rings. The summed E-state index contributed by atoms with van der Waals surface area (Å²) in [4.78, 5) is 24.2. The van der Waals surface area contributed by atoms with Crippen LogP contribution in [-0.2, 0) is 26.2 Å². The maximum atomic E-state index is 12.2. The Hall–Kier alpha value is -3.57. The molecule has 0 radical (unpaired) electrons. The first-order chi connectivity index (χ1) is 14.7. The van der Waals surface area contributed by atoms with Gasteiger partial charge in [0.05, 0.1) is 4.90 Å². The highest BCUT2D eigenvalue weighted by Crippen LogP contribution is 2.18. The van der Waals surface area contributed by atoms with Crippen molar-refractivity contribution >= 4 is 33.6 Å². The number of nitrogens with two attached hydrogens (primary N) is 1. The van der Waals surface area contributed by atoms with Crippen molar-refractivity contribution in [2.45, 2.75) is 25.3 Å². The second kappa shape index (κ2) is 9.49. The summed E-state index contributed by atoms with van der Waals surface area (Å²) < 4.78 is 31.7. The van der Waals surface area contributed by atoms with Crippen molar-refractivity contribution in [3.63, 3.8) is 0 Å². The topological polar surface area (TPSA) is 149 Å². The van der Waals surface area contributed by atoms with E-state index in [2.05, 4.69) is 25.0 Å². The third-order valence-corrected chi connectivity index (χ3v) is 5.61. The number of carbonyl (C=O) groups is 1. The second-order valence-electron chi connectivity index (χ2n) is 6.67. The molecule has 11 heteroatoms. The first kappa shape index (κ1) is 22.1. The predicted octanol–water partition coefficient (Wildman–Crippen LogP) is 1.84. The number of aryl methyl sites for hydroxylation is 2. The van der Waals surface area contributed by atoms with Crippen molar-refractivity contribution in [3.8, 4) is 0 Å². The van der Waals surface area contributed by atoms with Crippen LogP contribution in [0.3, 0.4) is 0 Å². The number of hydrogen-bond donors (Lipinski definition) is 3. The van der Waals surface area contributed by atoms with E-state index in [0.29, 0.717) is 0 Å². The summed E-state index contributed by atoms with van der Waals surface area (Å²) in [5, 5.41) is 3.03. The number of anilines is 3. The molecule has 0 atom stereocenters. The number of carbonyl (C=O) groups excluding carboxylic acids is 1. The van der Waals surface area contributed by atoms with Gasteiger partial charge in [0.15, 0.2) is 12.4 Å². The highest BCUT2D eigenvalue weighted by Gasteiger charge is 2.16. The lowest BCUT2D eigenvalue weighted by Gasteiger charge is -2.10. The molecule has 0 aliphatic rings. The van der Waals surface area contributed by atoms with Gasteiger partial charge >= 0.3 is 5.97 Å². The Kier molecular flexibility index (Phi) is 6.78. The number of rotatable bonds is 8. The van der Waals surface area contributed by atoms with E-state index >= 15 is 0 Å². The van der Waals surface area contributed by atoms with Crippen molar-refractivity contribution < 1.29 is 17.9 Å². The summed E-state index contributed by atoms with van der Waals surface area (Å²) in [6.45, 7) is 2.94. The highest BCUT2D eigenvalue weighted by molar-refractivity contribution is 7.89. The van der Waals surface area contributed by atoms with Crippen LogP contribution in [0.1, 0.15) is 17.0 Å². The number of para-hydroxylation sites is 1. The lowest BCUT2D eigenvalue weighted by Crippen LogP contribution is -2.30. The monoisotopic (exact) mass is 442 g/mol. The third-order valence-electron chi connectivity index (χ3n) is 4.19. The molecule has 2 aromatic carbocycles. The van der Waals surface area contributed by atoms with Crippen LogP contribution in [0.5, 0.6) is 0 Å². The number of ether oxygens (including phenoxy) is 1. The number of hydrogen-bond acceptors (Lipinski definition) is 9. The van der Waals surface area contributed by atoms with Crippen molar-refractivity contribution in [2.24, 2.45) is 0 Å². The molecule has 10 nitrogen and oxygen atoms in total. The normalized spacial score (nSPS) is 11.2. The van der Waals surface area contributed by atoms with Gasteiger partial charge in [-0.05, 0) is 37.6 Å². The smallest absolute Gasteiger partial charge is 0.321 e. The zero-order chi connectivity index (χ0) is 22.4. The largest absolute Gasteiger partial charge is 0.456 e. The fourth-order valence-electron chi connectivity index (χ4n) is 2.54. The Morgan fingerprint density at radius 3 is 2.45 bits per heavy atom. The molecule has 3 rings (SSSR count). The van der Waals surface area contributed by atoms with Crippen LogP contribution in [0, 0.1) is 13.8 Å². The van der Waals surface area contributed by atoms with Crippen LogP contribution in [0.2, 0.25) is 0 Å². The molecule has 0 saturated heterocycles. The molecule has 0 unspecified atom stereocenters. The molecule has 4 N–H and O–H groups in total. The van der Waals surface area contributed by atoms with Crippen LogP contribution >= 0.6 is 0 Å². The van der Waals surface area contributed by atoms with E-state index in [0.717, 1.165) is 16.8 Å². The standard InChI is InChI=1S/C20H22N6O4S/c1-13-7-9-15(10-8-13)31(28,29)22-11-18(27)30-12-17-24-19(21)26-20(25-17)23-16-6-4-3-5-14(16)2/h3-10,22H,11-12H2,1-2H3,(H3,21,23,24,25,26). The predicted molar refractivity (Wildman–Crippen MR) is 115 cm³/mol. The first-order valence-corrected chi connectivity index (χ1v) is 10.8. The molecular weight excluding hydrogens is 420 g/mol. The number of nitrogen functional groups attached to an aromatic ring is 1. The summed E-state index contributed by atoms with van der Waals surface area (Å²) in [7, 11) is -3.83. The van der Waals surface area contributed by atoms with E-state index in [1.54, 1.807) is 12.1 Å². The Morgan fingerprint density at radius 2 is 1.74 bits per heavy atom. The molecule has 1 aromatic heterocycles. The lowest BCUT2D eigenvalue weighted by molar-refractivity contribution is -0.143. The molecule has 162 valence electrons. The molecule has 0 aliphatic heterocycles. The summed E-state index contributed by atoms with van der Waals surface area (Å²) in [5.41, 5.74) is 8.41. The van der Waals surface area contributed by atoms with Crippen molar-refractivity contribution in [2.75, 3.05) is 17.6 Å². The van der Waals surface area contributed by atoms with Gasteiger partial charge in [-0.3, -0.25) is 4.79 Å². The highest BCUT2D eigenvalue weighted by atomic mass is 32.2. The van der Waals surface area contributed by atoms with Crippen molar-refractivity contribution in [3.05, 3.63) is 65.5 Å². The van der Waals surface area contributed by atoms with Crippen LogP contribution in [0.15, 0.2) is 53.4 Å². The van der Waals surface area contributed by atoms with Crippen molar-refractivity contribution in [1.82, 2.24) is 19.7 Å². The van der Waals surface area contributed by atoms with E-state index in [1.165, 1.54) is 12.1 Å². The van der Waals surface area contributed by atoms with E-state index in [9.17, 15) is 13.2 Å². The van der Waals surface area contributed by atoms with Crippen LogP contribution < -0.4 is 15.8 Å². The molecule has 31 heavy (non-hydrogen) atoms. The Balaban J connectivity index is 1.58. The summed E-state index contributed by atoms with van der Waals surface area (Å²) >= 11 is 0. The molecule has 0 aliphatic carbocycles. The van der Waals surface area contributed by atoms with Crippen LogP contribution in [-0.4, -0.2) is 35.9 Å². The zero-order valence-electron chi connectivity index (χ0n) is 17.0. The van der Waals surface area contributed by atoms with Crippen LogP contribution in [0.4, 0.5) is 17.6 Å². The molecule has 0 amide bonds.